The Balaban J connectivity index is 1.65. The molecule has 10 nitrogen and oxygen atoms in total. The van der Waals surface area contributed by atoms with Gasteiger partial charge >= 0.3 is 23.9 Å². The minimum absolute atomic E-state index is 0.0188. The number of carbonyl (C=O) groups excluding carboxylic acids is 4. The van der Waals surface area contributed by atoms with Gasteiger partial charge < -0.3 is 30.0 Å². The summed E-state index contributed by atoms with van der Waals surface area (Å²) >= 11 is 0. The van der Waals surface area contributed by atoms with Crippen molar-refractivity contribution in [2.24, 2.45) is 11.5 Å². The second-order valence-corrected chi connectivity index (χ2v) is 8.58. The zero-order chi connectivity index (χ0) is 27.7. The number of hydrogen-bond acceptors (Lipinski definition) is 10. The first-order valence-electron chi connectivity index (χ1n) is 11.3. The minimum atomic E-state index is -0.827. The lowest BCUT2D eigenvalue weighted by Gasteiger charge is -2.12. The fourth-order valence-electron chi connectivity index (χ4n) is 3.40. The van der Waals surface area contributed by atoms with Crippen LogP contribution in [0.4, 0.5) is 0 Å². The highest BCUT2D eigenvalue weighted by molar-refractivity contribution is 7.11. The molecule has 38 heavy (non-hydrogen) atoms. The first kappa shape index (κ1) is 28.9. The molecule has 0 radical (unpaired) electrons. The molecule has 0 aliphatic carbocycles. The van der Waals surface area contributed by atoms with Gasteiger partial charge in [-0.15, -0.1) is 0 Å². The van der Waals surface area contributed by atoms with Gasteiger partial charge in [-0.1, -0.05) is 36.4 Å². The molecule has 3 aromatic rings. The van der Waals surface area contributed by atoms with Gasteiger partial charge in [0, 0.05) is 0 Å². The van der Waals surface area contributed by atoms with Gasteiger partial charge in [0.2, 0.25) is 0 Å². The number of rotatable bonds is 10. The Hall–Kier alpha value is -3.68. The highest BCUT2D eigenvalue weighted by atomic mass is 31.0. The van der Waals surface area contributed by atoms with Crippen molar-refractivity contribution in [1.82, 2.24) is 0 Å². The molecule has 0 aliphatic heterocycles. The van der Waals surface area contributed by atoms with Crippen LogP contribution in [-0.4, -0.2) is 36.0 Å². The lowest BCUT2D eigenvalue weighted by atomic mass is 10.1. The van der Waals surface area contributed by atoms with E-state index in [9.17, 15) is 19.2 Å². The quantitative estimate of drug-likeness (QED) is 0.216. The van der Waals surface area contributed by atoms with Crippen molar-refractivity contribution in [2.45, 2.75) is 24.9 Å². The Bertz CT molecular complexity index is 1200. The molecule has 0 aliphatic rings. The van der Waals surface area contributed by atoms with E-state index in [4.69, 9.17) is 20.9 Å². The van der Waals surface area contributed by atoms with Crippen LogP contribution in [0.1, 0.15) is 31.8 Å². The first-order valence-corrected chi connectivity index (χ1v) is 12.2. The summed E-state index contributed by atoms with van der Waals surface area (Å²) in [7, 11) is 3.72. The van der Waals surface area contributed by atoms with Gasteiger partial charge in [-0.05, 0) is 60.4 Å². The summed E-state index contributed by atoms with van der Waals surface area (Å²) in [6, 6.07) is 17.3. The number of esters is 2. The summed E-state index contributed by atoms with van der Waals surface area (Å²) < 4.78 is 19.9. The normalized spacial score (nSPS) is 12.1. The van der Waals surface area contributed by atoms with Gasteiger partial charge in [-0.3, -0.25) is 9.59 Å². The molecular weight excluding hydrogens is 530 g/mol. The molecule has 3 rings (SSSR count). The summed E-state index contributed by atoms with van der Waals surface area (Å²) in [5.74, 6) is -2.15. The van der Waals surface area contributed by atoms with E-state index in [2.05, 4.69) is 9.05 Å². The molecule has 0 fully saturated rings. The predicted octanol–water partition coefficient (Wildman–Crippen LogP) is 2.53. The van der Waals surface area contributed by atoms with Crippen LogP contribution in [0, 0.1) is 0 Å². The van der Waals surface area contributed by atoms with Gasteiger partial charge in [0.25, 0.3) is 0 Å². The molecule has 4 atom stereocenters. The van der Waals surface area contributed by atoms with E-state index in [1.165, 1.54) is 12.1 Å². The summed E-state index contributed by atoms with van der Waals surface area (Å²) in [5.41, 5.74) is 13.0. The van der Waals surface area contributed by atoms with Crippen molar-refractivity contribution in [1.29, 1.82) is 0 Å². The third-order valence-corrected chi connectivity index (χ3v) is 5.85. The Morgan fingerprint density at radius 2 is 0.947 bits per heavy atom. The molecule has 0 bridgehead atoms. The van der Waals surface area contributed by atoms with Gasteiger partial charge in [-0.2, -0.15) is 0 Å². The van der Waals surface area contributed by atoms with Gasteiger partial charge in [0.05, 0.1) is 30.1 Å². The van der Waals surface area contributed by atoms with Gasteiger partial charge in [0.15, 0.2) is 0 Å². The van der Waals surface area contributed by atoms with E-state index in [1.54, 1.807) is 60.7 Å². The Labute approximate surface area is 223 Å². The molecule has 12 heteroatoms. The fourth-order valence-corrected chi connectivity index (χ4v) is 3.75. The number of nitrogens with two attached hydrogens (primary N) is 2. The van der Waals surface area contributed by atoms with E-state index in [0.717, 1.165) is 11.1 Å². The standard InChI is InChI=1S/C26H26N2O8P2/c27-21(25(31)35-37)13-15-5-9-17(10-6-15)33-23(29)19-3-1-2-4-20(19)24(30)34-18-11-7-16(8-12-18)14-22(28)26(32)36-38/h1-12,21-22H,13-14,27-28,37-38H2/t21-,22-/m0/s1. The van der Waals surface area contributed by atoms with Gasteiger partial charge in [-0.25, -0.2) is 9.59 Å². The molecule has 0 aromatic heterocycles. The van der Waals surface area contributed by atoms with Crippen molar-refractivity contribution in [3.8, 4) is 11.5 Å². The summed E-state index contributed by atoms with van der Waals surface area (Å²) in [5, 5.41) is 0. The van der Waals surface area contributed by atoms with Crippen molar-refractivity contribution in [3.05, 3.63) is 95.1 Å². The summed E-state index contributed by atoms with van der Waals surface area (Å²) in [4.78, 5) is 48.6. The minimum Gasteiger partial charge on any atom is -0.450 e. The molecule has 0 saturated heterocycles. The van der Waals surface area contributed by atoms with E-state index < -0.39 is 36.0 Å². The average molecular weight is 556 g/mol. The van der Waals surface area contributed by atoms with Crippen LogP contribution in [0.2, 0.25) is 0 Å². The second-order valence-electron chi connectivity index (χ2n) is 8.11. The first-order chi connectivity index (χ1) is 18.2. The van der Waals surface area contributed by atoms with Crippen LogP contribution in [0.25, 0.3) is 0 Å². The predicted molar refractivity (Wildman–Crippen MR) is 144 cm³/mol. The van der Waals surface area contributed by atoms with Crippen LogP contribution in [0.15, 0.2) is 72.8 Å². The number of hydrogen-bond donors (Lipinski definition) is 2. The molecule has 3 aromatic carbocycles. The van der Waals surface area contributed by atoms with Crippen molar-refractivity contribution in [3.63, 3.8) is 0 Å². The Morgan fingerprint density at radius 3 is 1.26 bits per heavy atom. The van der Waals surface area contributed by atoms with Crippen molar-refractivity contribution < 1.29 is 37.7 Å². The number of benzene rings is 3. The molecule has 198 valence electrons. The largest absolute Gasteiger partial charge is 0.450 e. The maximum Gasteiger partial charge on any atom is 0.344 e. The topological polar surface area (TPSA) is 157 Å². The van der Waals surface area contributed by atoms with E-state index in [-0.39, 0.29) is 35.5 Å². The zero-order valence-corrected chi connectivity index (χ0v) is 22.4. The molecule has 4 N–H and O–H groups in total. The lowest BCUT2D eigenvalue weighted by molar-refractivity contribution is -0.135. The Kier molecular flexibility index (Phi) is 10.4. The van der Waals surface area contributed by atoms with E-state index in [0.29, 0.717) is 0 Å². The highest BCUT2D eigenvalue weighted by Gasteiger charge is 2.21. The molecular formula is C26H26N2O8P2. The molecule has 0 saturated carbocycles. The van der Waals surface area contributed by atoms with E-state index >= 15 is 0 Å². The van der Waals surface area contributed by atoms with Crippen LogP contribution in [-0.2, 0) is 31.5 Å². The fraction of sp³-hybridized carbons (Fsp3) is 0.154. The highest BCUT2D eigenvalue weighted by Crippen LogP contribution is 2.20. The number of ether oxygens (including phenoxy) is 2. The molecule has 2 unspecified atom stereocenters. The van der Waals surface area contributed by atoms with Crippen LogP contribution < -0.4 is 20.9 Å². The molecule has 0 heterocycles. The maximum atomic E-state index is 12.8. The van der Waals surface area contributed by atoms with Crippen molar-refractivity contribution in [2.75, 3.05) is 0 Å². The average Bonchev–Trinajstić information content (AvgIpc) is 2.94. The van der Waals surface area contributed by atoms with E-state index in [1.807, 2.05) is 18.9 Å². The third-order valence-electron chi connectivity index (χ3n) is 5.38. The monoisotopic (exact) mass is 556 g/mol. The smallest absolute Gasteiger partial charge is 0.344 e. The van der Waals surface area contributed by atoms with Gasteiger partial charge in [0.1, 0.15) is 23.6 Å². The van der Waals surface area contributed by atoms with Crippen LogP contribution in [0.5, 0.6) is 11.5 Å². The third kappa shape index (κ3) is 7.91. The van der Waals surface area contributed by atoms with Crippen molar-refractivity contribution >= 4 is 42.8 Å². The summed E-state index contributed by atoms with van der Waals surface area (Å²) in [6.45, 7) is 0. The summed E-state index contributed by atoms with van der Waals surface area (Å²) in [6.07, 6.45) is 0.489. The van der Waals surface area contributed by atoms with Crippen LogP contribution in [0.3, 0.4) is 0 Å². The maximum absolute atomic E-state index is 12.8. The molecule has 0 amide bonds. The molecule has 0 spiro atoms. The lowest BCUT2D eigenvalue weighted by Crippen LogP contribution is -2.32. The SMILES string of the molecule is N[C@@H](Cc1ccc(OC(=O)c2ccccc2C(=O)Oc2ccc(C[C@H](N)C(=O)OP)cc2)cc1)C(=O)OP. The number of carbonyl (C=O) groups is 4. The zero-order valence-electron chi connectivity index (χ0n) is 20.1. The Morgan fingerprint density at radius 1 is 0.605 bits per heavy atom. The van der Waals surface area contributed by atoms with Crippen LogP contribution >= 0.6 is 18.9 Å². The second kappa shape index (κ2) is 13.7.